The predicted octanol–water partition coefficient (Wildman–Crippen LogP) is 3.97. The van der Waals surface area contributed by atoms with E-state index in [9.17, 15) is 0 Å². The quantitative estimate of drug-likeness (QED) is 0.746. The molecule has 0 aliphatic rings. The molecule has 0 fully saturated rings. The van der Waals surface area contributed by atoms with Gasteiger partial charge in [0.05, 0.1) is 11.6 Å². The summed E-state index contributed by atoms with van der Waals surface area (Å²) in [5.41, 5.74) is 2.49. The van der Waals surface area contributed by atoms with Gasteiger partial charge in [0.2, 0.25) is 0 Å². The van der Waals surface area contributed by atoms with Crippen LogP contribution in [0.15, 0.2) is 42.7 Å². The molecular formula is C15H19ClN2. The number of benzene rings is 1. The lowest BCUT2D eigenvalue weighted by Crippen LogP contribution is -2.05. The standard InChI is InChI=1S/C15H19ClN2/c1-12(8-9-13-10-17-18(2)11-13)15(16)14-6-4-3-5-7-14/h3-7,10-12,15H,8-9H2,1-2H3. The number of hydrogen-bond acceptors (Lipinski definition) is 1. The molecule has 96 valence electrons. The van der Waals surface area contributed by atoms with Crippen LogP contribution >= 0.6 is 11.6 Å². The Morgan fingerprint density at radius 1 is 1.28 bits per heavy atom. The Labute approximate surface area is 114 Å². The van der Waals surface area contributed by atoms with Gasteiger partial charge in [-0.2, -0.15) is 5.10 Å². The van der Waals surface area contributed by atoms with Gasteiger partial charge in [0.1, 0.15) is 0 Å². The number of alkyl halides is 1. The van der Waals surface area contributed by atoms with E-state index in [1.807, 2.05) is 36.1 Å². The first-order valence-electron chi connectivity index (χ1n) is 6.33. The van der Waals surface area contributed by atoms with Gasteiger partial charge in [-0.3, -0.25) is 4.68 Å². The van der Waals surface area contributed by atoms with Crippen molar-refractivity contribution in [2.75, 3.05) is 0 Å². The van der Waals surface area contributed by atoms with Crippen molar-refractivity contribution in [2.24, 2.45) is 13.0 Å². The molecule has 18 heavy (non-hydrogen) atoms. The topological polar surface area (TPSA) is 17.8 Å². The van der Waals surface area contributed by atoms with Gasteiger partial charge >= 0.3 is 0 Å². The second-order valence-electron chi connectivity index (χ2n) is 4.85. The van der Waals surface area contributed by atoms with Crippen LogP contribution in [-0.4, -0.2) is 9.78 Å². The molecule has 1 aromatic heterocycles. The van der Waals surface area contributed by atoms with Crippen LogP contribution in [0.5, 0.6) is 0 Å². The lowest BCUT2D eigenvalue weighted by atomic mass is 9.95. The average Bonchev–Trinajstić information content (AvgIpc) is 2.82. The van der Waals surface area contributed by atoms with Gasteiger partial charge in [0, 0.05) is 13.2 Å². The summed E-state index contributed by atoms with van der Waals surface area (Å²) in [5.74, 6) is 0.453. The third kappa shape index (κ3) is 3.36. The first kappa shape index (κ1) is 13.2. The van der Waals surface area contributed by atoms with Crippen LogP contribution in [0.1, 0.15) is 29.8 Å². The fourth-order valence-corrected chi connectivity index (χ4v) is 2.38. The van der Waals surface area contributed by atoms with Crippen molar-refractivity contribution in [1.82, 2.24) is 9.78 Å². The summed E-state index contributed by atoms with van der Waals surface area (Å²) in [7, 11) is 1.95. The average molecular weight is 263 g/mol. The van der Waals surface area contributed by atoms with Crippen molar-refractivity contribution in [3.8, 4) is 0 Å². The molecule has 2 nitrogen and oxygen atoms in total. The van der Waals surface area contributed by atoms with Crippen LogP contribution in [0, 0.1) is 5.92 Å². The van der Waals surface area contributed by atoms with E-state index in [0.29, 0.717) is 5.92 Å². The molecule has 2 unspecified atom stereocenters. The minimum Gasteiger partial charge on any atom is -0.276 e. The lowest BCUT2D eigenvalue weighted by Gasteiger charge is -2.17. The summed E-state index contributed by atoms with van der Waals surface area (Å²) in [4.78, 5) is 0. The maximum absolute atomic E-state index is 6.51. The van der Waals surface area contributed by atoms with Gasteiger partial charge in [0.25, 0.3) is 0 Å². The van der Waals surface area contributed by atoms with Crippen molar-refractivity contribution < 1.29 is 0 Å². The van der Waals surface area contributed by atoms with E-state index in [0.717, 1.165) is 12.8 Å². The summed E-state index contributed by atoms with van der Waals surface area (Å²) < 4.78 is 1.84. The van der Waals surface area contributed by atoms with Gasteiger partial charge in [0.15, 0.2) is 0 Å². The Hall–Kier alpha value is -1.28. The zero-order chi connectivity index (χ0) is 13.0. The Kier molecular flexibility index (Phi) is 4.43. The first-order valence-corrected chi connectivity index (χ1v) is 6.77. The third-order valence-corrected chi connectivity index (χ3v) is 3.95. The molecule has 0 aliphatic heterocycles. The van der Waals surface area contributed by atoms with Crippen molar-refractivity contribution in [1.29, 1.82) is 0 Å². The van der Waals surface area contributed by atoms with Gasteiger partial charge in [-0.05, 0) is 29.9 Å². The molecule has 2 rings (SSSR count). The van der Waals surface area contributed by atoms with E-state index in [1.54, 1.807) is 0 Å². The number of aryl methyl sites for hydroxylation is 2. The molecule has 1 aromatic carbocycles. The third-order valence-electron chi connectivity index (χ3n) is 3.26. The van der Waals surface area contributed by atoms with E-state index in [4.69, 9.17) is 11.6 Å². The fourth-order valence-electron chi connectivity index (χ4n) is 2.11. The minimum absolute atomic E-state index is 0.0860. The molecule has 0 saturated heterocycles. The predicted molar refractivity (Wildman–Crippen MR) is 75.7 cm³/mol. The Bertz CT molecular complexity index is 478. The molecule has 0 radical (unpaired) electrons. The number of rotatable bonds is 5. The molecule has 0 bridgehead atoms. The van der Waals surface area contributed by atoms with Crippen molar-refractivity contribution >= 4 is 11.6 Å². The van der Waals surface area contributed by atoms with E-state index >= 15 is 0 Å². The monoisotopic (exact) mass is 262 g/mol. The molecule has 0 amide bonds. The minimum atomic E-state index is 0.0860. The highest BCUT2D eigenvalue weighted by Crippen LogP contribution is 2.31. The van der Waals surface area contributed by atoms with Crippen LogP contribution < -0.4 is 0 Å². The number of aromatic nitrogens is 2. The second kappa shape index (κ2) is 6.05. The Balaban J connectivity index is 1.90. The van der Waals surface area contributed by atoms with Crippen LogP contribution in [0.3, 0.4) is 0 Å². The van der Waals surface area contributed by atoms with Crippen LogP contribution in [-0.2, 0) is 13.5 Å². The number of hydrogen-bond donors (Lipinski definition) is 0. The first-order chi connectivity index (χ1) is 8.66. The highest BCUT2D eigenvalue weighted by molar-refractivity contribution is 6.20. The molecule has 2 aromatic rings. The van der Waals surface area contributed by atoms with Crippen molar-refractivity contribution in [2.45, 2.75) is 25.1 Å². The summed E-state index contributed by atoms with van der Waals surface area (Å²) >= 11 is 6.51. The van der Waals surface area contributed by atoms with Gasteiger partial charge in [-0.15, -0.1) is 11.6 Å². The second-order valence-corrected chi connectivity index (χ2v) is 5.32. The maximum Gasteiger partial charge on any atom is 0.0610 e. The molecule has 3 heteroatoms. The Morgan fingerprint density at radius 2 is 2.00 bits per heavy atom. The van der Waals surface area contributed by atoms with Gasteiger partial charge < -0.3 is 0 Å². The zero-order valence-corrected chi connectivity index (χ0v) is 11.6. The fraction of sp³-hybridized carbons (Fsp3) is 0.400. The molecule has 0 aliphatic carbocycles. The highest BCUT2D eigenvalue weighted by Gasteiger charge is 2.16. The van der Waals surface area contributed by atoms with Gasteiger partial charge in [-0.1, -0.05) is 37.3 Å². The molecule has 1 heterocycles. The van der Waals surface area contributed by atoms with E-state index in [2.05, 4.69) is 30.4 Å². The summed E-state index contributed by atoms with van der Waals surface area (Å²) in [5, 5.41) is 4.27. The van der Waals surface area contributed by atoms with Crippen molar-refractivity contribution in [3.63, 3.8) is 0 Å². The summed E-state index contributed by atoms with van der Waals surface area (Å²) in [6, 6.07) is 10.3. The van der Waals surface area contributed by atoms with Crippen LogP contribution in [0.4, 0.5) is 0 Å². The SMILES string of the molecule is CC(CCc1cnn(C)c1)C(Cl)c1ccccc1. The summed E-state index contributed by atoms with van der Waals surface area (Å²) in [6.45, 7) is 2.21. The largest absolute Gasteiger partial charge is 0.276 e. The zero-order valence-electron chi connectivity index (χ0n) is 10.9. The lowest BCUT2D eigenvalue weighted by molar-refractivity contribution is 0.515. The normalized spacial score (nSPS) is 14.4. The Morgan fingerprint density at radius 3 is 2.61 bits per heavy atom. The van der Waals surface area contributed by atoms with E-state index < -0.39 is 0 Å². The smallest absolute Gasteiger partial charge is 0.0610 e. The van der Waals surface area contributed by atoms with Gasteiger partial charge in [-0.25, -0.2) is 0 Å². The molecule has 2 atom stereocenters. The number of halogens is 1. The summed E-state index contributed by atoms with van der Waals surface area (Å²) in [6.07, 6.45) is 6.11. The molecular weight excluding hydrogens is 244 g/mol. The van der Waals surface area contributed by atoms with Crippen LogP contribution in [0.2, 0.25) is 0 Å². The molecule has 0 saturated carbocycles. The van der Waals surface area contributed by atoms with Crippen LogP contribution in [0.25, 0.3) is 0 Å². The van der Waals surface area contributed by atoms with Crippen molar-refractivity contribution in [3.05, 3.63) is 53.9 Å². The van der Waals surface area contributed by atoms with E-state index in [1.165, 1.54) is 11.1 Å². The molecule has 0 spiro atoms. The maximum atomic E-state index is 6.51. The molecule has 0 N–H and O–H groups in total. The highest BCUT2D eigenvalue weighted by atomic mass is 35.5. The van der Waals surface area contributed by atoms with E-state index in [-0.39, 0.29) is 5.38 Å². The number of nitrogens with zero attached hydrogens (tertiary/aromatic N) is 2.